The Morgan fingerprint density at radius 1 is 1.25 bits per heavy atom. The predicted octanol–water partition coefficient (Wildman–Crippen LogP) is 2.95. The first-order chi connectivity index (χ1) is 9.78. The quantitative estimate of drug-likeness (QED) is 0.813. The molecule has 0 aliphatic heterocycles. The molecule has 4 heteroatoms. The third-order valence-corrected chi connectivity index (χ3v) is 3.76. The van der Waals surface area contributed by atoms with Gasteiger partial charge in [-0.25, -0.2) is 0 Å². The summed E-state index contributed by atoms with van der Waals surface area (Å²) in [5, 5.41) is 6.26. The Kier molecular flexibility index (Phi) is 5.87. The summed E-state index contributed by atoms with van der Waals surface area (Å²) < 4.78 is 5.14. The van der Waals surface area contributed by atoms with Crippen molar-refractivity contribution in [1.29, 1.82) is 0 Å². The van der Waals surface area contributed by atoms with Gasteiger partial charge in [-0.05, 0) is 25.0 Å². The van der Waals surface area contributed by atoms with Gasteiger partial charge in [0, 0.05) is 17.8 Å². The molecule has 1 aromatic rings. The molecule has 4 nitrogen and oxygen atoms in total. The highest BCUT2D eigenvalue weighted by Crippen LogP contribution is 2.18. The average Bonchev–Trinajstić information content (AvgIpc) is 2.74. The van der Waals surface area contributed by atoms with Crippen LogP contribution in [0.25, 0.3) is 0 Å². The van der Waals surface area contributed by atoms with E-state index in [1.165, 1.54) is 38.5 Å². The van der Waals surface area contributed by atoms with E-state index in [1.807, 2.05) is 24.3 Å². The van der Waals surface area contributed by atoms with Gasteiger partial charge >= 0.3 is 0 Å². The molecule has 2 N–H and O–H groups in total. The standard InChI is InChI=1S/C16H24N2O2/c1-20-15-10-6-9-14(11-15)18-16(19)12-17-13-7-4-2-3-5-8-13/h6,9-11,13,17H,2-5,7-8,12H2,1H3,(H,18,19). The Morgan fingerprint density at radius 2 is 2.00 bits per heavy atom. The molecular formula is C16H24N2O2. The lowest BCUT2D eigenvalue weighted by Gasteiger charge is -2.16. The zero-order valence-corrected chi connectivity index (χ0v) is 12.2. The molecule has 1 amide bonds. The zero-order chi connectivity index (χ0) is 14.2. The van der Waals surface area contributed by atoms with Gasteiger partial charge in [-0.15, -0.1) is 0 Å². The SMILES string of the molecule is COc1cccc(NC(=O)CNC2CCCCCC2)c1. The molecule has 0 aromatic heterocycles. The number of amides is 1. The lowest BCUT2D eigenvalue weighted by atomic mass is 10.1. The van der Waals surface area contributed by atoms with Crippen LogP contribution in [0.2, 0.25) is 0 Å². The van der Waals surface area contributed by atoms with Crippen molar-refractivity contribution in [2.45, 2.75) is 44.6 Å². The molecule has 110 valence electrons. The zero-order valence-electron chi connectivity index (χ0n) is 12.2. The molecule has 2 rings (SSSR count). The summed E-state index contributed by atoms with van der Waals surface area (Å²) in [6, 6.07) is 7.91. The monoisotopic (exact) mass is 276 g/mol. The van der Waals surface area contributed by atoms with E-state index in [0.29, 0.717) is 12.6 Å². The molecule has 0 spiro atoms. The molecule has 0 atom stereocenters. The summed E-state index contributed by atoms with van der Waals surface area (Å²) in [7, 11) is 1.62. The molecule has 0 heterocycles. The maximum atomic E-state index is 11.9. The maximum Gasteiger partial charge on any atom is 0.238 e. The fraction of sp³-hybridized carbons (Fsp3) is 0.562. The van der Waals surface area contributed by atoms with Crippen LogP contribution in [0.1, 0.15) is 38.5 Å². The molecule has 20 heavy (non-hydrogen) atoms. The van der Waals surface area contributed by atoms with Gasteiger partial charge in [0.05, 0.1) is 13.7 Å². The van der Waals surface area contributed by atoms with E-state index in [9.17, 15) is 4.79 Å². The summed E-state index contributed by atoms with van der Waals surface area (Å²) in [6.07, 6.45) is 7.57. The minimum atomic E-state index is 0.00231. The number of hydrogen-bond acceptors (Lipinski definition) is 3. The van der Waals surface area contributed by atoms with Crippen LogP contribution in [-0.4, -0.2) is 25.6 Å². The number of methoxy groups -OCH3 is 1. The first-order valence-corrected chi connectivity index (χ1v) is 7.45. The van der Waals surface area contributed by atoms with Gasteiger partial charge in [-0.1, -0.05) is 31.7 Å². The second-order valence-corrected chi connectivity index (χ2v) is 5.35. The summed E-state index contributed by atoms with van der Waals surface area (Å²) in [4.78, 5) is 11.9. The van der Waals surface area contributed by atoms with Crippen molar-refractivity contribution in [3.8, 4) is 5.75 Å². The topological polar surface area (TPSA) is 50.4 Å². The molecule has 1 aromatic carbocycles. The van der Waals surface area contributed by atoms with E-state index < -0.39 is 0 Å². The van der Waals surface area contributed by atoms with Crippen molar-refractivity contribution in [1.82, 2.24) is 5.32 Å². The van der Waals surface area contributed by atoms with Gasteiger partial charge in [0.25, 0.3) is 0 Å². The molecule has 1 aliphatic rings. The molecule has 0 radical (unpaired) electrons. The van der Waals surface area contributed by atoms with Crippen LogP contribution in [0.15, 0.2) is 24.3 Å². The summed E-state index contributed by atoms with van der Waals surface area (Å²) in [5.41, 5.74) is 0.775. The van der Waals surface area contributed by atoms with Crippen LogP contribution in [-0.2, 0) is 4.79 Å². The van der Waals surface area contributed by atoms with Crippen molar-refractivity contribution < 1.29 is 9.53 Å². The lowest BCUT2D eigenvalue weighted by molar-refractivity contribution is -0.115. The molecular weight excluding hydrogens is 252 g/mol. The number of anilines is 1. The van der Waals surface area contributed by atoms with E-state index in [4.69, 9.17) is 4.74 Å². The van der Waals surface area contributed by atoms with Crippen LogP contribution in [0, 0.1) is 0 Å². The number of hydrogen-bond donors (Lipinski definition) is 2. The molecule has 1 fully saturated rings. The second-order valence-electron chi connectivity index (χ2n) is 5.35. The Labute approximate surface area is 120 Å². The van der Waals surface area contributed by atoms with E-state index >= 15 is 0 Å². The lowest BCUT2D eigenvalue weighted by Crippen LogP contribution is -2.35. The predicted molar refractivity (Wildman–Crippen MR) is 81.1 cm³/mol. The van der Waals surface area contributed by atoms with Gasteiger partial charge in [-0.3, -0.25) is 4.79 Å². The number of carbonyl (C=O) groups is 1. The Hall–Kier alpha value is -1.55. The van der Waals surface area contributed by atoms with Crippen molar-refractivity contribution in [2.24, 2.45) is 0 Å². The fourth-order valence-electron chi connectivity index (χ4n) is 2.63. The van der Waals surface area contributed by atoms with Gasteiger partial charge < -0.3 is 15.4 Å². The Balaban J connectivity index is 1.76. The molecule has 1 saturated carbocycles. The molecule has 0 bridgehead atoms. The molecule has 0 saturated heterocycles. The van der Waals surface area contributed by atoms with Crippen LogP contribution >= 0.6 is 0 Å². The fourth-order valence-corrected chi connectivity index (χ4v) is 2.63. The van der Waals surface area contributed by atoms with Crippen molar-refractivity contribution in [3.05, 3.63) is 24.3 Å². The Bertz CT molecular complexity index is 426. The van der Waals surface area contributed by atoms with E-state index in [-0.39, 0.29) is 5.91 Å². The molecule has 1 aliphatic carbocycles. The maximum absolute atomic E-state index is 11.9. The Morgan fingerprint density at radius 3 is 2.70 bits per heavy atom. The number of carbonyl (C=O) groups excluding carboxylic acids is 1. The minimum Gasteiger partial charge on any atom is -0.497 e. The minimum absolute atomic E-state index is 0.00231. The summed E-state index contributed by atoms with van der Waals surface area (Å²) >= 11 is 0. The highest BCUT2D eigenvalue weighted by molar-refractivity contribution is 5.92. The number of ether oxygens (including phenoxy) is 1. The number of nitrogens with one attached hydrogen (secondary N) is 2. The van der Waals surface area contributed by atoms with Crippen LogP contribution < -0.4 is 15.4 Å². The van der Waals surface area contributed by atoms with Gasteiger partial charge in [0.15, 0.2) is 0 Å². The van der Waals surface area contributed by atoms with Gasteiger partial charge in [0.2, 0.25) is 5.91 Å². The average molecular weight is 276 g/mol. The third kappa shape index (κ3) is 4.85. The van der Waals surface area contributed by atoms with Crippen molar-refractivity contribution in [3.63, 3.8) is 0 Å². The smallest absolute Gasteiger partial charge is 0.238 e. The van der Waals surface area contributed by atoms with Crippen LogP contribution in [0.5, 0.6) is 5.75 Å². The van der Waals surface area contributed by atoms with Crippen LogP contribution in [0.3, 0.4) is 0 Å². The summed E-state index contributed by atoms with van der Waals surface area (Å²) in [6.45, 7) is 0.377. The van der Waals surface area contributed by atoms with Gasteiger partial charge in [0.1, 0.15) is 5.75 Å². The van der Waals surface area contributed by atoms with E-state index in [2.05, 4.69) is 10.6 Å². The number of rotatable bonds is 5. The van der Waals surface area contributed by atoms with Gasteiger partial charge in [-0.2, -0.15) is 0 Å². The number of benzene rings is 1. The first-order valence-electron chi connectivity index (χ1n) is 7.45. The highest BCUT2D eigenvalue weighted by Gasteiger charge is 2.13. The second kappa shape index (κ2) is 7.90. The third-order valence-electron chi connectivity index (χ3n) is 3.76. The summed E-state index contributed by atoms with van der Waals surface area (Å²) in [5.74, 6) is 0.752. The first kappa shape index (κ1) is 14.9. The van der Waals surface area contributed by atoms with Crippen molar-refractivity contribution >= 4 is 11.6 Å². The van der Waals surface area contributed by atoms with Crippen LogP contribution in [0.4, 0.5) is 5.69 Å². The van der Waals surface area contributed by atoms with E-state index in [0.717, 1.165) is 11.4 Å². The van der Waals surface area contributed by atoms with Crippen molar-refractivity contribution in [2.75, 3.05) is 19.0 Å². The van der Waals surface area contributed by atoms with E-state index in [1.54, 1.807) is 7.11 Å². The largest absolute Gasteiger partial charge is 0.497 e. The molecule has 0 unspecified atom stereocenters. The normalized spacial score (nSPS) is 16.4. The highest BCUT2D eigenvalue weighted by atomic mass is 16.5.